The number of benzene rings is 2. The van der Waals surface area contributed by atoms with E-state index in [1.165, 1.54) is 0 Å². The minimum absolute atomic E-state index is 0.0828. The minimum Gasteiger partial charge on any atom is -0.481 e. The second kappa shape index (κ2) is 5.36. The molecule has 3 aromatic rings. The summed E-state index contributed by atoms with van der Waals surface area (Å²) in [5.74, 6) is -0.932. The van der Waals surface area contributed by atoms with Crippen LogP contribution in [0.2, 0.25) is 0 Å². The number of hydrogen-bond acceptors (Lipinski definition) is 4. The van der Waals surface area contributed by atoms with E-state index in [9.17, 15) is 9.70 Å². The fraction of sp³-hybridized carbons (Fsp3) is 0.188. The summed E-state index contributed by atoms with van der Waals surface area (Å²) in [7, 11) is 0. The van der Waals surface area contributed by atoms with Gasteiger partial charge in [-0.1, -0.05) is 29.4 Å². The standard InChI is InChI=1S/C16H13NO4/c18-16(19)8-6-13(17-20)10-5-7-15-12(9-10)11-3-1-2-4-14(11)21-15/h1-5,7,9,13H,6,8H2,(H,18,19). The van der Waals surface area contributed by atoms with Crippen molar-refractivity contribution in [1.29, 1.82) is 0 Å². The zero-order valence-electron chi connectivity index (χ0n) is 11.2. The molecule has 0 aliphatic carbocycles. The molecular weight excluding hydrogens is 270 g/mol. The van der Waals surface area contributed by atoms with Crippen LogP contribution in [-0.2, 0) is 4.79 Å². The van der Waals surface area contributed by atoms with Crippen LogP contribution < -0.4 is 0 Å². The molecule has 1 aromatic heterocycles. The van der Waals surface area contributed by atoms with Crippen molar-refractivity contribution in [2.24, 2.45) is 5.18 Å². The van der Waals surface area contributed by atoms with Crippen LogP contribution in [0, 0.1) is 4.91 Å². The SMILES string of the molecule is O=NC(CCC(=O)O)c1ccc2oc3ccccc3c2c1. The minimum atomic E-state index is -0.932. The van der Waals surface area contributed by atoms with Gasteiger partial charge in [-0.3, -0.25) is 4.79 Å². The molecule has 0 aliphatic rings. The summed E-state index contributed by atoms with van der Waals surface area (Å²) >= 11 is 0. The second-order valence-corrected chi connectivity index (χ2v) is 4.91. The zero-order valence-corrected chi connectivity index (χ0v) is 11.2. The van der Waals surface area contributed by atoms with Crippen LogP contribution in [0.1, 0.15) is 24.4 Å². The average Bonchev–Trinajstić information content (AvgIpc) is 2.85. The molecule has 3 rings (SSSR count). The third kappa shape index (κ3) is 2.50. The summed E-state index contributed by atoms with van der Waals surface area (Å²) in [6.07, 6.45) is 0.112. The first kappa shape index (κ1) is 13.3. The molecule has 0 fully saturated rings. The van der Waals surface area contributed by atoms with E-state index in [1.807, 2.05) is 30.3 Å². The van der Waals surface area contributed by atoms with Gasteiger partial charge in [-0.15, -0.1) is 0 Å². The highest BCUT2D eigenvalue weighted by Crippen LogP contribution is 2.32. The van der Waals surface area contributed by atoms with E-state index in [4.69, 9.17) is 9.52 Å². The molecular formula is C16H13NO4. The van der Waals surface area contributed by atoms with Crippen LogP contribution in [-0.4, -0.2) is 11.1 Å². The number of furan rings is 1. The van der Waals surface area contributed by atoms with Crippen molar-refractivity contribution < 1.29 is 14.3 Å². The predicted molar refractivity (Wildman–Crippen MR) is 79.1 cm³/mol. The van der Waals surface area contributed by atoms with Crippen molar-refractivity contribution >= 4 is 27.9 Å². The van der Waals surface area contributed by atoms with Crippen LogP contribution in [0.3, 0.4) is 0 Å². The highest BCUT2D eigenvalue weighted by Gasteiger charge is 2.16. The van der Waals surface area contributed by atoms with Crippen LogP contribution in [0.4, 0.5) is 0 Å². The molecule has 2 aromatic carbocycles. The number of nitrogens with zero attached hydrogens (tertiary/aromatic N) is 1. The molecule has 0 saturated heterocycles. The van der Waals surface area contributed by atoms with Crippen LogP contribution in [0.5, 0.6) is 0 Å². The molecule has 5 nitrogen and oxygen atoms in total. The molecule has 0 aliphatic heterocycles. The number of rotatable bonds is 5. The molecule has 5 heteroatoms. The number of fused-ring (bicyclic) bond motifs is 3. The maximum atomic E-state index is 11.0. The summed E-state index contributed by atoms with van der Waals surface area (Å²) < 4.78 is 5.72. The fourth-order valence-corrected chi connectivity index (χ4v) is 2.49. The molecule has 1 unspecified atom stereocenters. The zero-order chi connectivity index (χ0) is 14.8. The maximum absolute atomic E-state index is 11.0. The molecule has 0 amide bonds. The number of aliphatic carboxylic acids is 1. The maximum Gasteiger partial charge on any atom is 0.303 e. The summed E-state index contributed by atoms with van der Waals surface area (Å²) in [6, 6.07) is 12.4. The summed E-state index contributed by atoms with van der Waals surface area (Å²) in [5, 5.41) is 13.7. The van der Waals surface area contributed by atoms with Gasteiger partial charge in [-0.05, 0) is 30.2 Å². The molecule has 1 N–H and O–H groups in total. The number of carboxylic acids is 1. The summed E-state index contributed by atoms with van der Waals surface area (Å²) in [5.41, 5.74) is 2.24. The Balaban J connectivity index is 2.04. The quantitative estimate of drug-likeness (QED) is 0.709. The van der Waals surface area contributed by atoms with Gasteiger partial charge in [0.05, 0.1) is 0 Å². The monoisotopic (exact) mass is 283 g/mol. The van der Waals surface area contributed by atoms with Gasteiger partial charge in [0.15, 0.2) is 0 Å². The number of carbonyl (C=O) groups is 1. The van der Waals surface area contributed by atoms with Gasteiger partial charge in [0.25, 0.3) is 0 Å². The predicted octanol–water partition coefficient (Wildman–Crippen LogP) is 4.26. The summed E-state index contributed by atoms with van der Waals surface area (Å²) in [4.78, 5) is 21.6. The largest absolute Gasteiger partial charge is 0.481 e. The van der Waals surface area contributed by atoms with Crippen molar-refractivity contribution in [3.05, 3.63) is 52.9 Å². The van der Waals surface area contributed by atoms with E-state index in [1.54, 1.807) is 12.1 Å². The van der Waals surface area contributed by atoms with Crippen molar-refractivity contribution in [2.75, 3.05) is 0 Å². The van der Waals surface area contributed by atoms with Gasteiger partial charge >= 0.3 is 5.97 Å². The third-order valence-corrected chi connectivity index (χ3v) is 3.54. The van der Waals surface area contributed by atoms with Crippen molar-refractivity contribution in [3.63, 3.8) is 0 Å². The summed E-state index contributed by atoms with van der Waals surface area (Å²) in [6.45, 7) is 0. The number of carboxylic acid groups (broad SMARTS) is 1. The van der Waals surface area contributed by atoms with Gasteiger partial charge in [-0.2, -0.15) is 4.91 Å². The van der Waals surface area contributed by atoms with Gasteiger partial charge in [-0.25, -0.2) is 0 Å². The third-order valence-electron chi connectivity index (χ3n) is 3.54. The molecule has 21 heavy (non-hydrogen) atoms. The Kier molecular flexibility index (Phi) is 3.39. The van der Waals surface area contributed by atoms with E-state index in [0.717, 1.165) is 21.9 Å². The second-order valence-electron chi connectivity index (χ2n) is 4.91. The molecule has 1 heterocycles. The molecule has 0 spiro atoms. The lowest BCUT2D eigenvalue weighted by Gasteiger charge is -2.07. The normalized spacial score (nSPS) is 12.6. The number of nitroso groups, excluding NO2 is 1. The Morgan fingerprint density at radius 2 is 1.90 bits per heavy atom. The average molecular weight is 283 g/mol. The lowest BCUT2D eigenvalue weighted by atomic mass is 10.0. The van der Waals surface area contributed by atoms with E-state index in [2.05, 4.69) is 5.18 Å². The highest BCUT2D eigenvalue weighted by molar-refractivity contribution is 6.05. The van der Waals surface area contributed by atoms with E-state index in [0.29, 0.717) is 5.56 Å². The van der Waals surface area contributed by atoms with E-state index in [-0.39, 0.29) is 12.8 Å². The Hall–Kier alpha value is -2.69. The van der Waals surface area contributed by atoms with Crippen molar-refractivity contribution in [3.8, 4) is 0 Å². The molecule has 106 valence electrons. The topological polar surface area (TPSA) is 79.9 Å². The van der Waals surface area contributed by atoms with Crippen molar-refractivity contribution in [1.82, 2.24) is 0 Å². The van der Waals surface area contributed by atoms with Gasteiger partial charge in [0.2, 0.25) is 0 Å². The number of hydrogen-bond donors (Lipinski definition) is 1. The Bertz CT molecular complexity index is 821. The molecule has 0 bridgehead atoms. The first-order valence-electron chi connectivity index (χ1n) is 6.64. The van der Waals surface area contributed by atoms with Gasteiger partial charge in [0, 0.05) is 17.2 Å². The lowest BCUT2D eigenvalue weighted by Crippen LogP contribution is -2.00. The molecule has 1 atom stereocenters. The smallest absolute Gasteiger partial charge is 0.303 e. The van der Waals surface area contributed by atoms with Crippen LogP contribution in [0.25, 0.3) is 21.9 Å². The van der Waals surface area contributed by atoms with Gasteiger partial charge < -0.3 is 9.52 Å². The Morgan fingerprint density at radius 3 is 2.67 bits per heavy atom. The Labute approximate surface area is 120 Å². The molecule has 0 radical (unpaired) electrons. The van der Waals surface area contributed by atoms with Crippen molar-refractivity contribution in [2.45, 2.75) is 18.9 Å². The molecule has 0 saturated carbocycles. The van der Waals surface area contributed by atoms with Crippen LogP contribution in [0.15, 0.2) is 52.1 Å². The first-order valence-corrected chi connectivity index (χ1v) is 6.64. The lowest BCUT2D eigenvalue weighted by molar-refractivity contribution is -0.137. The number of para-hydroxylation sites is 1. The van der Waals surface area contributed by atoms with Gasteiger partial charge in [0.1, 0.15) is 17.2 Å². The Morgan fingerprint density at radius 1 is 1.14 bits per heavy atom. The highest BCUT2D eigenvalue weighted by atomic mass is 16.4. The fourth-order valence-electron chi connectivity index (χ4n) is 2.49. The van der Waals surface area contributed by atoms with E-state index >= 15 is 0 Å². The van der Waals surface area contributed by atoms with E-state index < -0.39 is 12.0 Å². The first-order chi connectivity index (χ1) is 10.2. The van der Waals surface area contributed by atoms with Crippen LogP contribution >= 0.6 is 0 Å².